The minimum absolute atomic E-state index is 0. The van der Waals surface area contributed by atoms with E-state index in [1.807, 2.05) is 0 Å². The van der Waals surface area contributed by atoms with E-state index in [9.17, 15) is 4.79 Å². The molecule has 2 bridgehead atoms. The largest absolute Gasteiger partial charge is 0.480 e. The fourth-order valence-corrected chi connectivity index (χ4v) is 2.07. The van der Waals surface area contributed by atoms with Gasteiger partial charge in [-0.1, -0.05) is 0 Å². The Morgan fingerprint density at radius 1 is 1.45 bits per heavy atom. The summed E-state index contributed by atoms with van der Waals surface area (Å²) in [5, 5.41) is 12.0. The van der Waals surface area contributed by atoms with Crippen LogP contribution in [0.1, 0.15) is 25.7 Å². The third-order valence-corrected chi connectivity index (χ3v) is 2.73. The SMILES string of the molecule is Cl.O=C(O)C12CCC(CC1)N2. The summed E-state index contributed by atoms with van der Waals surface area (Å²) in [4.78, 5) is 10.7. The van der Waals surface area contributed by atoms with Gasteiger partial charge in [-0.25, -0.2) is 0 Å². The normalized spacial score (nSPS) is 40.2. The number of rotatable bonds is 1. The van der Waals surface area contributed by atoms with Crippen LogP contribution in [0.2, 0.25) is 0 Å². The van der Waals surface area contributed by atoms with Crippen LogP contribution in [0.25, 0.3) is 0 Å². The minimum Gasteiger partial charge on any atom is -0.480 e. The van der Waals surface area contributed by atoms with Crippen LogP contribution >= 0.6 is 12.4 Å². The Morgan fingerprint density at radius 2 is 2.00 bits per heavy atom. The van der Waals surface area contributed by atoms with Crippen molar-refractivity contribution >= 4 is 18.4 Å². The van der Waals surface area contributed by atoms with Gasteiger partial charge in [0.1, 0.15) is 5.54 Å². The van der Waals surface area contributed by atoms with Gasteiger partial charge in [0, 0.05) is 6.04 Å². The summed E-state index contributed by atoms with van der Waals surface area (Å²) in [6.07, 6.45) is 3.75. The van der Waals surface area contributed by atoms with Crippen molar-refractivity contribution in [2.24, 2.45) is 0 Å². The first-order valence-electron chi connectivity index (χ1n) is 3.74. The predicted octanol–water partition coefficient (Wildman–Crippen LogP) is 0.777. The molecule has 0 aromatic carbocycles. The fraction of sp³-hybridized carbons (Fsp3) is 0.857. The van der Waals surface area contributed by atoms with Gasteiger partial charge >= 0.3 is 5.97 Å². The number of fused-ring (bicyclic) bond motifs is 2. The molecule has 0 atom stereocenters. The first kappa shape index (κ1) is 8.81. The molecule has 2 heterocycles. The molecule has 11 heavy (non-hydrogen) atoms. The molecule has 2 N–H and O–H groups in total. The molecule has 2 saturated heterocycles. The predicted molar refractivity (Wildman–Crippen MR) is 43.0 cm³/mol. The maximum absolute atomic E-state index is 10.7. The summed E-state index contributed by atoms with van der Waals surface area (Å²) in [6, 6.07) is 0.496. The topological polar surface area (TPSA) is 49.3 Å². The van der Waals surface area contributed by atoms with Crippen molar-refractivity contribution in [2.45, 2.75) is 37.3 Å². The molecule has 2 rings (SSSR count). The smallest absolute Gasteiger partial charge is 0.323 e. The quantitative estimate of drug-likeness (QED) is 0.623. The van der Waals surface area contributed by atoms with E-state index in [4.69, 9.17) is 5.11 Å². The van der Waals surface area contributed by atoms with Gasteiger partial charge in [0.05, 0.1) is 0 Å². The van der Waals surface area contributed by atoms with Crippen LogP contribution in [0.5, 0.6) is 0 Å². The van der Waals surface area contributed by atoms with Gasteiger partial charge < -0.3 is 5.11 Å². The summed E-state index contributed by atoms with van der Waals surface area (Å²) in [5.74, 6) is -0.660. The molecule has 2 aliphatic heterocycles. The number of hydrogen-bond donors (Lipinski definition) is 2. The van der Waals surface area contributed by atoms with Crippen LogP contribution in [0.4, 0.5) is 0 Å². The molecule has 3 nitrogen and oxygen atoms in total. The monoisotopic (exact) mass is 177 g/mol. The van der Waals surface area contributed by atoms with E-state index in [1.54, 1.807) is 0 Å². The number of halogens is 1. The molecule has 0 aromatic heterocycles. The maximum atomic E-state index is 10.7. The number of carboxylic acids is 1. The Morgan fingerprint density at radius 3 is 2.18 bits per heavy atom. The van der Waals surface area contributed by atoms with Crippen LogP contribution in [-0.4, -0.2) is 22.7 Å². The lowest BCUT2D eigenvalue weighted by molar-refractivity contribution is -0.143. The molecule has 0 amide bonds. The average Bonchev–Trinajstić information content (AvgIpc) is 2.45. The third kappa shape index (κ3) is 1.12. The number of carbonyl (C=O) groups is 1. The average molecular weight is 178 g/mol. The van der Waals surface area contributed by atoms with Crippen LogP contribution in [0.3, 0.4) is 0 Å². The van der Waals surface area contributed by atoms with E-state index in [-0.39, 0.29) is 12.4 Å². The summed E-state index contributed by atoms with van der Waals surface area (Å²) in [7, 11) is 0. The first-order valence-corrected chi connectivity index (χ1v) is 3.74. The highest BCUT2D eigenvalue weighted by atomic mass is 35.5. The lowest BCUT2D eigenvalue weighted by Crippen LogP contribution is -2.44. The van der Waals surface area contributed by atoms with Gasteiger partial charge in [0.2, 0.25) is 0 Å². The van der Waals surface area contributed by atoms with Gasteiger partial charge in [0.25, 0.3) is 0 Å². The third-order valence-electron chi connectivity index (χ3n) is 2.73. The second kappa shape index (κ2) is 2.64. The number of carboxylic acid groups (broad SMARTS) is 1. The van der Waals surface area contributed by atoms with Crippen LogP contribution < -0.4 is 5.32 Å². The molecule has 4 heteroatoms. The summed E-state index contributed by atoms with van der Waals surface area (Å²) in [6.45, 7) is 0. The van der Waals surface area contributed by atoms with Crippen LogP contribution in [0.15, 0.2) is 0 Å². The Labute approximate surface area is 71.6 Å². The highest BCUT2D eigenvalue weighted by Crippen LogP contribution is 2.37. The second-order valence-electron chi connectivity index (χ2n) is 3.31. The minimum atomic E-state index is -0.660. The van der Waals surface area contributed by atoms with Gasteiger partial charge in [-0.2, -0.15) is 0 Å². The fourth-order valence-electron chi connectivity index (χ4n) is 2.07. The highest BCUT2D eigenvalue weighted by Gasteiger charge is 2.49. The van der Waals surface area contributed by atoms with Crippen molar-refractivity contribution in [1.82, 2.24) is 5.32 Å². The summed E-state index contributed by atoms with van der Waals surface area (Å²) >= 11 is 0. The standard InChI is InChI=1S/C7H11NO2.ClH/c9-6(10)7-3-1-5(8-7)2-4-7;/h5,8H,1-4H2,(H,9,10);1H. The molecule has 0 aromatic rings. The zero-order valence-corrected chi connectivity index (χ0v) is 6.99. The van der Waals surface area contributed by atoms with Crippen molar-refractivity contribution in [2.75, 3.05) is 0 Å². The van der Waals surface area contributed by atoms with Crippen LogP contribution in [0, 0.1) is 0 Å². The molecular formula is C7H12ClNO2. The molecule has 0 aliphatic carbocycles. The van der Waals surface area contributed by atoms with Crippen molar-refractivity contribution in [3.05, 3.63) is 0 Å². The summed E-state index contributed by atoms with van der Waals surface area (Å²) in [5.41, 5.74) is -0.523. The first-order chi connectivity index (χ1) is 4.73. The highest BCUT2D eigenvalue weighted by molar-refractivity contribution is 5.85. The lowest BCUT2D eigenvalue weighted by Gasteiger charge is -2.19. The molecule has 64 valence electrons. The van der Waals surface area contributed by atoms with E-state index in [0.29, 0.717) is 6.04 Å². The Hall–Kier alpha value is -0.280. The van der Waals surface area contributed by atoms with Gasteiger partial charge in [-0.15, -0.1) is 12.4 Å². The number of hydrogen-bond acceptors (Lipinski definition) is 2. The van der Waals surface area contributed by atoms with Crippen molar-refractivity contribution in [3.63, 3.8) is 0 Å². The van der Waals surface area contributed by atoms with Crippen LogP contribution in [-0.2, 0) is 4.79 Å². The zero-order chi connectivity index (χ0) is 7.19. The Kier molecular flexibility index (Phi) is 2.12. The van der Waals surface area contributed by atoms with Gasteiger partial charge in [0.15, 0.2) is 0 Å². The van der Waals surface area contributed by atoms with Crippen molar-refractivity contribution in [1.29, 1.82) is 0 Å². The summed E-state index contributed by atoms with van der Waals surface area (Å²) < 4.78 is 0. The Balaban J connectivity index is 0.000000605. The van der Waals surface area contributed by atoms with Crippen molar-refractivity contribution < 1.29 is 9.90 Å². The molecule has 0 unspecified atom stereocenters. The van der Waals surface area contributed by atoms with E-state index >= 15 is 0 Å². The molecule has 0 radical (unpaired) electrons. The van der Waals surface area contributed by atoms with Crippen molar-refractivity contribution in [3.8, 4) is 0 Å². The molecule has 2 fully saturated rings. The second-order valence-corrected chi connectivity index (χ2v) is 3.31. The molecule has 2 aliphatic rings. The molecule has 0 spiro atoms. The lowest BCUT2D eigenvalue weighted by atomic mass is 9.88. The Bertz CT molecular complexity index is 175. The number of aliphatic carboxylic acids is 1. The van der Waals surface area contributed by atoms with E-state index in [2.05, 4.69) is 5.32 Å². The van der Waals surface area contributed by atoms with E-state index in [0.717, 1.165) is 25.7 Å². The molecular weight excluding hydrogens is 166 g/mol. The van der Waals surface area contributed by atoms with E-state index < -0.39 is 11.5 Å². The maximum Gasteiger partial charge on any atom is 0.323 e. The zero-order valence-electron chi connectivity index (χ0n) is 6.17. The van der Waals surface area contributed by atoms with E-state index in [1.165, 1.54) is 0 Å². The molecule has 0 saturated carbocycles. The van der Waals surface area contributed by atoms with Gasteiger partial charge in [-0.05, 0) is 25.7 Å². The number of nitrogens with one attached hydrogen (secondary N) is 1. The van der Waals surface area contributed by atoms with Gasteiger partial charge in [-0.3, -0.25) is 10.1 Å².